The second kappa shape index (κ2) is 6.07. The Morgan fingerprint density at radius 2 is 2.04 bits per heavy atom. The number of carbonyl (C=O) groups excluding carboxylic acids is 1. The Bertz CT molecular complexity index is 1090. The quantitative estimate of drug-likeness (QED) is 0.595. The molecule has 1 N–H and O–H groups in total. The molecule has 0 atom stereocenters. The fraction of sp³-hybridized carbons (Fsp3) is 0. The molecule has 0 fully saturated rings. The van der Waals surface area contributed by atoms with Crippen LogP contribution in [0.3, 0.4) is 0 Å². The maximum absolute atomic E-state index is 12.6. The van der Waals surface area contributed by atoms with Crippen molar-refractivity contribution in [1.82, 2.24) is 14.5 Å². The molecule has 0 unspecified atom stereocenters. The van der Waals surface area contributed by atoms with E-state index in [0.29, 0.717) is 21.0 Å². The van der Waals surface area contributed by atoms with Gasteiger partial charge in [-0.05, 0) is 36.4 Å². The number of hydrogen-bond acceptors (Lipinski definition) is 3. The molecular weight excluding hydrogens is 344 g/mol. The van der Waals surface area contributed by atoms with Gasteiger partial charge in [0.25, 0.3) is 5.91 Å². The molecular formula is C17H11ClN4OS. The smallest absolute Gasteiger partial charge is 0.280 e. The first-order valence-electron chi connectivity index (χ1n) is 7.15. The number of halogens is 1. The molecule has 4 aromatic rings. The van der Waals surface area contributed by atoms with Crippen LogP contribution >= 0.6 is 22.9 Å². The average Bonchev–Trinajstić information content (AvgIpc) is 3.24. The lowest BCUT2D eigenvalue weighted by molar-refractivity contribution is 0.0999. The summed E-state index contributed by atoms with van der Waals surface area (Å²) in [5, 5.41) is 3.32. The molecule has 0 aliphatic carbocycles. The van der Waals surface area contributed by atoms with Gasteiger partial charge in [0.15, 0.2) is 4.80 Å². The van der Waals surface area contributed by atoms with Crippen molar-refractivity contribution < 1.29 is 4.79 Å². The van der Waals surface area contributed by atoms with Crippen LogP contribution in [0.4, 0.5) is 0 Å². The molecule has 3 heterocycles. The molecule has 4 rings (SSSR count). The van der Waals surface area contributed by atoms with Crippen molar-refractivity contribution in [3.05, 3.63) is 75.8 Å². The minimum Gasteiger partial charge on any atom is -0.346 e. The number of amides is 1. The topological polar surface area (TPSA) is 63.0 Å². The van der Waals surface area contributed by atoms with Crippen LogP contribution in [0.1, 0.15) is 10.4 Å². The molecule has 1 amide bonds. The normalized spacial score (nSPS) is 12.0. The Hall–Kier alpha value is -2.70. The van der Waals surface area contributed by atoms with Gasteiger partial charge in [0.1, 0.15) is 5.65 Å². The lowest BCUT2D eigenvalue weighted by Crippen LogP contribution is -2.14. The highest BCUT2D eigenvalue weighted by Gasteiger charge is 2.11. The van der Waals surface area contributed by atoms with Crippen LogP contribution in [-0.4, -0.2) is 20.4 Å². The van der Waals surface area contributed by atoms with E-state index >= 15 is 0 Å². The summed E-state index contributed by atoms with van der Waals surface area (Å²) < 4.78 is 1.86. The number of hydrogen-bond donors (Lipinski definition) is 1. The van der Waals surface area contributed by atoms with Crippen molar-refractivity contribution in [2.75, 3.05) is 0 Å². The summed E-state index contributed by atoms with van der Waals surface area (Å²) in [6.45, 7) is 0. The largest absolute Gasteiger partial charge is 0.346 e. The molecule has 24 heavy (non-hydrogen) atoms. The number of benzene rings is 1. The van der Waals surface area contributed by atoms with Gasteiger partial charge >= 0.3 is 0 Å². The van der Waals surface area contributed by atoms with Crippen molar-refractivity contribution in [3.8, 4) is 5.69 Å². The summed E-state index contributed by atoms with van der Waals surface area (Å²) >= 11 is 7.33. The van der Waals surface area contributed by atoms with Gasteiger partial charge in [-0.25, -0.2) is 4.98 Å². The lowest BCUT2D eigenvalue weighted by atomic mass is 10.2. The van der Waals surface area contributed by atoms with Crippen LogP contribution in [0.15, 0.2) is 65.4 Å². The zero-order chi connectivity index (χ0) is 16.5. The van der Waals surface area contributed by atoms with Crippen LogP contribution in [0, 0.1) is 0 Å². The number of rotatable bonds is 2. The van der Waals surface area contributed by atoms with E-state index in [1.165, 1.54) is 11.3 Å². The summed E-state index contributed by atoms with van der Waals surface area (Å²) in [7, 11) is 0. The Kier molecular flexibility index (Phi) is 3.76. The predicted molar refractivity (Wildman–Crippen MR) is 94.6 cm³/mol. The van der Waals surface area contributed by atoms with Crippen LogP contribution in [-0.2, 0) is 0 Å². The first-order chi connectivity index (χ1) is 11.7. The van der Waals surface area contributed by atoms with E-state index in [9.17, 15) is 4.79 Å². The molecule has 0 spiro atoms. The first kappa shape index (κ1) is 14.9. The molecule has 0 saturated carbocycles. The van der Waals surface area contributed by atoms with Crippen molar-refractivity contribution >= 4 is 39.9 Å². The van der Waals surface area contributed by atoms with Gasteiger partial charge < -0.3 is 4.98 Å². The Morgan fingerprint density at radius 3 is 2.88 bits per heavy atom. The number of nitrogens with one attached hydrogen (secondary N) is 1. The second-order valence-electron chi connectivity index (χ2n) is 5.05. The number of carbonyl (C=O) groups is 1. The maximum atomic E-state index is 12.6. The van der Waals surface area contributed by atoms with Crippen LogP contribution < -0.4 is 4.80 Å². The fourth-order valence-corrected chi connectivity index (χ4v) is 3.29. The Morgan fingerprint density at radius 1 is 1.21 bits per heavy atom. The second-order valence-corrected chi connectivity index (χ2v) is 6.36. The van der Waals surface area contributed by atoms with Gasteiger partial charge in [-0.3, -0.25) is 9.36 Å². The third-order valence-electron chi connectivity index (χ3n) is 3.58. The van der Waals surface area contributed by atoms with E-state index in [4.69, 9.17) is 11.6 Å². The van der Waals surface area contributed by atoms with E-state index in [-0.39, 0.29) is 5.91 Å². The minimum atomic E-state index is -0.299. The third kappa shape index (κ3) is 2.66. The number of fused-ring (bicyclic) bond motifs is 1. The van der Waals surface area contributed by atoms with Gasteiger partial charge in [0.05, 0.1) is 5.56 Å². The van der Waals surface area contributed by atoms with Crippen molar-refractivity contribution in [2.45, 2.75) is 0 Å². The molecule has 0 aliphatic heterocycles. The number of H-pyrrole nitrogens is 1. The summed E-state index contributed by atoms with van der Waals surface area (Å²) in [5.74, 6) is -0.299. The summed E-state index contributed by atoms with van der Waals surface area (Å²) in [6.07, 6.45) is 5.23. The SMILES string of the molecule is O=C(N=c1sccn1-c1ccc(Cl)cc1)c1ccnc2[nH]ccc12. The Balaban J connectivity index is 1.79. The highest BCUT2D eigenvalue weighted by Crippen LogP contribution is 2.16. The molecule has 1 aromatic carbocycles. The Labute approximate surface area is 145 Å². The van der Waals surface area contributed by atoms with Crippen molar-refractivity contribution in [2.24, 2.45) is 4.99 Å². The van der Waals surface area contributed by atoms with E-state index in [1.54, 1.807) is 30.6 Å². The van der Waals surface area contributed by atoms with Crippen molar-refractivity contribution in [1.29, 1.82) is 0 Å². The number of nitrogens with zero attached hydrogens (tertiary/aromatic N) is 3. The van der Waals surface area contributed by atoms with Gasteiger partial charge in [-0.2, -0.15) is 4.99 Å². The molecule has 5 nitrogen and oxygen atoms in total. The summed E-state index contributed by atoms with van der Waals surface area (Å²) in [5.41, 5.74) is 2.10. The van der Waals surface area contributed by atoms with Gasteiger partial charge in [0, 0.05) is 40.1 Å². The predicted octanol–water partition coefficient (Wildman–Crippen LogP) is 3.81. The third-order valence-corrected chi connectivity index (χ3v) is 4.59. The molecule has 0 aliphatic rings. The van der Waals surface area contributed by atoms with E-state index in [0.717, 1.165) is 11.1 Å². The molecule has 118 valence electrons. The van der Waals surface area contributed by atoms with Crippen LogP contribution in [0.2, 0.25) is 5.02 Å². The van der Waals surface area contributed by atoms with E-state index in [2.05, 4.69) is 15.0 Å². The minimum absolute atomic E-state index is 0.299. The monoisotopic (exact) mass is 354 g/mol. The standard InChI is InChI=1S/C17H11ClN4OS/c18-11-1-3-12(4-2-11)22-9-10-24-17(22)21-16(23)14-6-8-20-15-13(14)5-7-19-15/h1-10H,(H,19,20). The summed E-state index contributed by atoms with van der Waals surface area (Å²) in [4.78, 5) is 24.7. The van der Waals surface area contributed by atoms with Gasteiger partial charge in [0.2, 0.25) is 0 Å². The van der Waals surface area contributed by atoms with E-state index in [1.807, 2.05) is 34.3 Å². The van der Waals surface area contributed by atoms with Crippen molar-refractivity contribution in [3.63, 3.8) is 0 Å². The number of pyridine rings is 1. The number of aromatic amines is 1. The highest BCUT2D eigenvalue weighted by molar-refractivity contribution is 7.07. The maximum Gasteiger partial charge on any atom is 0.280 e. The summed E-state index contributed by atoms with van der Waals surface area (Å²) in [6, 6.07) is 10.9. The zero-order valence-corrected chi connectivity index (χ0v) is 13.9. The molecule has 7 heteroatoms. The number of thiazole rings is 1. The first-order valence-corrected chi connectivity index (χ1v) is 8.41. The molecule has 0 bridgehead atoms. The molecule has 0 radical (unpaired) electrons. The lowest BCUT2D eigenvalue weighted by Gasteiger charge is -2.03. The van der Waals surface area contributed by atoms with Crippen LogP contribution in [0.5, 0.6) is 0 Å². The molecule has 0 saturated heterocycles. The van der Waals surface area contributed by atoms with Gasteiger partial charge in [-0.1, -0.05) is 11.6 Å². The van der Waals surface area contributed by atoms with Crippen LogP contribution in [0.25, 0.3) is 16.7 Å². The fourth-order valence-electron chi connectivity index (χ4n) is 2.45. The van der Waals surface area contributed by atoms with Gasteiger partial charge in [-0.15, -0.1) is 11.3 Å². The molecule has 3 aromatic heterocycles. The number of aromatic nitrogens is 3. The zero-order valence-electron chi connectivity index (χ0n) is 12.3. The average molecular weight is 355 g/mol. The highest BCUT2D eigenvalue weighted by atomic mass is 35.5. The van der Waals surface area contributed by atoms with E-state index < -0.39 is 0 Å².